The highest BCUT2D eigenvalue weighted by atomic mass is 35.5. The van der Waals surface area contributed by atoms with Gasteiger partial charge in [0.05, 0.1) is 11.3 Å². The first-order valence-electron chi connectivity index (χ1n) is 5.41. The lowest BCUT2D eigenvalue weighted by Crippen LogP contribution is -2.20. The maximum Gasteiger partial charge on any atom is 0.337 e. The van der Waals surface area contributed by atoms with Crippen LogP contribution in [-0.4, -0.2) is 28.6 Å². The van der Waals surface area contributed by atoms with Crippen LogP contribution in [0.2, 0.25) is 5.02 Å². The van der Waals surface area contributed by atoms with E-state index in [1.54, 1.807) is 12.1 Å². The number of aromatic carboxylic acids is 1. The SMILES string of the molecule is CCSCC(C)Nc1cc(Cl)ccc1C(=O)O. The zero-order valence-electron chi connectivity index (χ0n) is 9.87. The Kier molecular flexibility index (Phi) is 5.65. The third-order valence-corrected chi connectivity index (χ3v) is 3.56. The molecule has 0 saturated carbocycles. The highest BCUT2D eigenvalue weighted by molar-refractivity contribution is 7.99. The van der Waals surface area contributed by atoms with Gasteiger partial charge in [0.2, 0.25) is 0 Å². The molecule has 1 aromatic carbocycles. The van der Waals surface area contributed by atoms with Crippen LogP contribution in [0, 0.1) is 0 Å². The Bertz CT molecular complexity index is 398. The Morgan fingerprint density at radius 1 is 1.59 bits per heavy atom. The molecule has 1 aromatic rings. The summed E-state index contributed by atoms with van der Waals surface area (Å²) < 4.78 is 0. The van der Waals surface area contributed by atoms with Crippen LogP contribution in [0.4, 0.5) is 5.69 Å². The van der Waals surface area contributed by atoms with Gasteiger partial charge in [-0.1, -0.05) is 18.5 Å². The molecule has 0 aromatic heterocycles. The summed E-state index contributed by atoms with van der Waals surface area (Å²) in [4.78, 5) is 11.0. The van der Waals surface area contributed by atoms with E-state index < -0.39 is 5.97 Å². The lowest BCUT2D eigenvalue weighted by molar-refractivity contribution is 0.0698. The van der Waals surface area contributed by atoms with Crippen LogP contribution < -0.4 is 5.32 Å². The lowest BCUT2D eigenvalue weighted by Gasteiger charge is -2.16. The predicted octanol–water partition coefficient (Wildman–Crippen LogP) is 3.59. The third kappa shape index (κ3) is 4.48. The highest BCUT2D eigenvalue weighted by Gasteiger charge is 2.12. The largest absolute Gasteiger partial charge is 0.478 e. The molecule has 17 heavy (non-hydrogen) atoms. The minimum atomic E-state index is -0.945. The van der Waals surface area contributed by atoms with Gasteiger partial charge in [-0.25, -0.2) is 4.79 Å². The van der Waals surface area contributed by atoms with Gasteiger partial charge in [-0.2, -0.15) is 11.8 Å². The molecule has 0 aliphatic carbocycles. The molecule has 5 heteroatoms. The molecule has 3 nitrogen and oxygen atoms in total. The molecule has 0 heterocycles. The van der Waals surface area contributed by atoms with E-state index in [0.29, 0.717) is 10.7 Å². The molecule has 1 atom stereocenters. The summed E-state index contributed by atoms with van der Waals surface area (Å²) in [6.07, 6.45) is 0. The standard InChI is InChI=1S/C12H16ClNO2S/c1-3-17-7-8(2)14-11-6-9(13)4-5-10(11)12(15)16/h4-6,8,14H,3,7H2,1-2H3,(H,15,16). The van der Waals surface area contributed by atoms with Crippen molar-refractivity contribution in [1.29, 1.82) is 0 Å². The van der Waals surface area contributed by atoms with E-state index in [4.69, 9.17) is 16.7 Å². The molecule has 0 bridgehead atoms. The van der Waals surface area contributed by atoms with Crippen molar-refractivity contribution in [1.82, 2.24) is 0 Å². The van der Waals surface area contributed by atoms with Crippen molar-refractivity contribution in [3.8, 4) is 0 Å². The first-order valence-corrected chi connectivity index (χ1v) is 6.95. The minimum absolute atomic E-state index is 0.205. The van der Waals surface area contributed by atoms with Crippen molar-refractivity contribution in [3.63, 3.8) is 0 Å². The van der Waals surface area contributed by atoms with Gasteiger partial charge in [-0.05, 0) is 30.9 Å². The van der Waals surface area contributed by atoms with Gasteiger partial charge in [-0.3, -0.25) is 0 Å². The summed E-state index contributed by atoms with van der Waals surface area (Å²) in [5.74, 6) is 1.04. The zero-order chi connectivity index (χ0) is 12.8. The minimum Gasteiger partial charge on any atom is -0.478 e. The molecule has 0 amide bonds. The van der Waals surface area contributed by atoms with Crippen LogP contribution in [0.1, 0.15) is 24.2 Å². The Labute approximate surface area is 111 Å². The zero-order valence-corrected chi connectivity index (χ0v) is 11.4. The summed E-state index contributed by atoms with van der Waals surface area (Å²) in [6.45, 7) is 4.12. The molecule has 94 valence electrons. The molecule has 1 unspecified atom stereocenters. The number of carboxylic acids is 1. The summed E-state index contributed by atoms with van der Waals surface area (Å²) in [5.41, 5.74) is 0.831. The number of nitrogens with one attached hydrogen (secondary N) is 1. The Morgan fingerprint density at radius 2 is 2.29 bits per heavy atom. The number of hydrogen-bond donors (Lipinski definition) is 2. The predicted molar refractivity (Wildman–Crippen MR) is 74.5 cm³/mol. The van der Waals surface area contributed by atoms with Crippen molar-refractivity contribution in [3.05, 3.63) is 28.8 Å². The lowest BCUT2D eigenvalue weighted by atomic mass is 10.1. The number of hydrogen-bond acceptors (Lipinski definition) is 3. The number of carbonyl (C=O) groups is 1. The van der Waals surface area contributed by atoms with Crippen LogP contribution in [0.25, 0.3) is 0 Å². The second-order valence-electron chi connectivity index (χ2n) is 3.70. The number of halogens is 1. The van der Waals surface area contributed by atoms with E-state index in [9.17, 15) is 4.79 Å². The van der Waals surface area contributed by atoms with Gasteiger partial charge in [-0.15, -0.1) is 0 Å². The second kappa shape index (κ2) is 6.77. The number of benzene rings is 1. The van der Waals surface area contributed by atoms with Crippen LogP contribution in [0.3, 0.4) is 0 Å². The molecule has 0 spiro atoms. The Balaban J connectivity index is 2.81. The first kappa shape index (κ1) is 14.2. The summed E-state index contributed by atoms with van der Waals surface area (Å²) in [6, 6.07) is 4.96. The second-order valence-corrected chi connectivity index (χ2v) is 5.46. The van der Waals surface area contributed by atoms with E-state index in [1.165, 1.54) is 6.07 Å². The molecule has 0 saturated heterocycles. The van der Waals surface area contributed by atoms with Crippen molar-refractivity contribution in [2.75, 3.05) is 16.8 Å². The van der Waals surface area contributed by atoms with Gasteiger partial charge >= 0.3 is 5.97 Å². The monoisotopic (exact) mass is 273 g/mol. The van der Waals surface area contributed by atoms with Crippen molar-refractivity contribution in [2.45, 2.75) is 19.9 Å². The fourth-order valence-corrected chi connectivity index (χ4v) is 2.27. The maximum absolute atomic E-state index is 11.0. The topological polar surface area (TPSA) is 49.3 Å². The molecule has 2 N–H and O–H groups in total. The smallest absolute Gasteiger partial charge is 0.337 e. The van der Waals surface area contributed by atoms with Gasteiger partial charge in [0.15, 0.2) is 0 Å². The molecule has 1 rings (SSSR count). The first-order chi connectivity index (χ1) is 8.04. The average Bonchev–Trinajstić information content (AvgIpc) is 2.26. The number of anilines is 1. The summed E-state index contributed by atoms with van der Waals surface area (Å²) in [7, 11) is 0. The van der Waals surface area contributed by atoms with Gasteiger partial charge < -0.3 is 10.4 Å². The maximum atomic E-state index is 11.0. The van der Waals surface area contributed by atoms with Crippen LogP contribution >= 0.6 is 23.4 Å². The summed E-state index contributed by atoms with van der Waals surface area (Å²) >= 11 is 7.68. The van der Waals surface area contributed by atoms with Crippen molar-refractivity contribution >= 4 is 35.0 Å². The fraction of sp³-hybridized carbons (Fsp3) is 0.417. The highest BCUT2D eigenvalue weighted by Crippen LogP contribution is 2.22. The fourth-order valence-electron chi connectivity index (χ4n) is 1.42. The average molecular weight is 274 g/mol. The molecule has 0 fully saturated rings. The molecule has 0 aliphatic heterocycles. The molecule has 0 aliphatic rings. The van der Waals surface area contributed by atoms with E-state index in [-0.39, 0.29) is 11.6 Å². The molecule has 0 radical (unpaired) electrons. The third-order valence-electron chi connectivity index (χ3n) is 2.19. The van der Waals surface area contributed by atoms with E-state index in [1.807, 2.05) is 18.7 Å². The van der Waals surface area contributed by atoms with Crippen LogP contribution in [0.15, 0.2) is 18.2 Å². The van der Waals surface area contributed by atoms with Crippen LogP contribution in [0.5, 0.6) is 0 Å². The van der Waals surface area contributed by atoms with Crippen LogP contribution in [-0.2, 0) is 0 Å². The van der Waals surface area contributed by atoms with Crippen molar-refractivity contribution < 1.29 is 9.90 Å². The number of rotatable bonds is 6. The summed E-state index contributed by atoms with van der Waals surface area (Å²) in [5, 5.41) is 12.8. The number of carboxylic acid groups (broad SMARTS) is 1. The molecular formula is C12H16ClNO2S. The Hall–Kier alpha value is -0.870. The molecular weight excluding hydrogens is 258 g/mol. The van der Waals surface area contributed by atoms with E-state index >= 15 is 0 Å². The van der Waals surface area contributed by atoms with E-state index in [2.05, 4.69) is 12.2 Å². The number of thioether (sulfide) groups is 1. The van der Waals surface area contributed by atoms with Gasteiger partial charge in [0.25, 0.3) is 0 Å². The van der Waals surface area contributed by atoms with E-state index in [0.717, 1.165) is 11.5 Å². The van der Waals surface area contributed by atoms with Gasteiger partial charge in [0, 0.05) is 16.8 Å². The van der Waals surface area contributed by atoms with Gasteiger partial charge in [0.1, 0.15) is 0 Å². The Morgan fingerprint density at radius 3 is 2.88 bits per heavy atom. The normalized spacial score (nSPS) is 12.2. The quantitative estimate of drug-likeness (QED) is 0.832. The van der Waals surface area contributed by atoms with Crippen molar-refractivity contribution in [2.24, 2.45) is 0 Å².